The number of sulfonamides is 1. The lowest BCUT2D eigenvalue weighted by molar-refractivity contribution is -0.122. The Balaban J connectivity index is 1.57. The van der Waals surface area contributed by atoms with Gasteiger partial charge in [-0.25, -0.2) is 13.6 Å². The number of carbonyl (C=O) groups is 1. The van der Waals surface area contributed by atoms with Crippen LogP contribution < -0.4 is 10.5 Å². The summed E-state index contributed by atoms with van der Waals surface area (Å²) in [5, 5.41) is 8.03. The standard InChI is InChI=1S/C16H30N4O3S/c17-24(22,23)13-12-19-8-10-20(11-9-19)14-16(21)18-7-6-15-4-2-1-3-5-15/h4H,1-3,5-14H2,(H,18,21)(H2,17,22,23). The molecule has 0 radical (unpaired) electrons. The summed E-state index contributed by atoms with van der Waals surface area (Å²) < 4.78 is 22.0. The van der Waals surface area contributed by atoms with E-state index in [2.05, 4.69) is 21.2 Å². The van der Waals surface area contributed by atoms with Gasteiger partial charge in [0, 0.05) is 39.3 Å². The zero-order valence-corrected chi connectivity index (χ0v) is 15.2. The molecular weight excluding hydrogens is 328 g/mol. The second-order valence-electron chi connectivity index (χ2n) is 6.69. The molecule has 2 aliphatic rings. The third kappa shape index (κ3) is 7.74. The number of hydrogen-bond donors (Lipinski definition) is 2. The fraction of sp³-hybridized carbons (Fsp3) is 0.812. The van der Waals surface area contributed by atoms with Crippen LogP contribution in [0.25, 0.3) is 0 Å². The molecule has 1 saturated heterocycles. The van der Waals surface area contributed by atoms with Gasteiger partial charge in [0.2, 0.25) is 15.9 Å². The summed E-state index contributed by atoms with van der Waals surface area (Å²) in [4.78, 5) is 16.2. The molecule has 7 nitrogen and oxygen atoms in total. The number of nitrogens with zero attached hydrogens (tertiary/aromatic N) is 2. The first-order valence-corrected chi connectivity index (χ1v) is 10.5. The van der Waals surface area contributed by atoms with Gasteiger partial charge in [0.1, 0.15) is 0 Å². The molecule has 138 valence electrons. The molecule has 2 rings (SSSR count). The number of amides is 1. The SMILES string of the molecule is NS(=O)(=O)CCN1CCN(CC(=O)NCCC2=CCCCC2)CC1. The molecule has 0 atom stereocenters. The summed E-state index contributed by atoms with van der Waals surface area (Å²) in [7, 11) is -3.40. The topological polar surface area (TPSA) is 95.7 Å². The Morgan fingerprint density at radius 2 is 1.88 bits per heavy atom. The fourth-order valence-electron chi connectivity index (χ4n) is 3.18. The average Bonchev–Trinajstić information content (AvgIpc) is 2.54. The molecule has 1 fully saturated rings. The van der Waals surface area contributed by atoms with E-state index < -0.39 is 10.0 Å². The molecule has 1 heterocycles. The van der Waals surface area contributed by atoms with E-state index in [0.717, 1.165) is 39.1 Å². The van der Waals surface area contributed by atoms with Gasteiger partial charge in [0.05, 0.1) is 12.3 Å². The van der Waals surface area contributed by atoms with Crippen LogP contribution in [0.15, 0.2) is 11.6 Å². The number of hydrogen-bond acceptors (Lipinski definition) is 5. The highest BCUT2D eigenvalue weighted by Crippen LogP contribution is 2.19. The number of rotatable bonds is 8. The van der Waals surface area contributed by atoms with Gasteiger partial charge in [-0.05, 0) is 32.1 Å². The van der Waals surface area contributed by atoms with Crippen molar-refractivity contribution >= 4 is 15.9 Å². The molecule has 1 aliphatic heterocycles. The number of nitrogens with two attached hydrogens (primary N) is 1. The van der Waals surface area contributed by atoms with E-state index in [0.29, 0.717) is 13.1 Å². The molecule has 0 aromatic rings. The first kappa shape index (κ1) is 19.4. The number of allylic oxidation sites excluding steroid dienone is 1. The summed E-state index contributed by atoms with van der Waals surface area (Å²) >= 11 is 0. The summed E-state index contributed by atoms with van der Waals surface area (Å²) in [5.74, 6) is 0.0629. The largest absolute Gasteiger partial charge is 0.355 e. The van der Waals surface area contributed by atoms with Crippen LogP contribution >= 0.6 is 0 Å². The maximum absolute atomic E-state index is 12.0. The number of primary sulfonamides is 1. The predicted molar refractivity (Wildman–Crippen MR) is 95.0 cm³/mol. The minimum atomic E-state index is -3.40. The lowest BCUT2D eigenvalue weighted by atomic mass is 9.97. The Bertz CT molecular complexity index is 540. The number of piperazine rings is 1. The Labute approximate surface area is 145 Å². The van der Waals surface area contributed by atoms with Crippen LogP contribution in [0.1, 0.15) is 32.1 Å². The van der Waals surface area contributed by atoms with Gasteiger partial charge in [-0.2, -0.15) is 0 Å². The van der Waals surface area contributed by atoms with Gasteiger partial charge in [-0.15, -0.1) is 0 Å². The molecule has 24 heavy (non-hydrogen) atoms. The van der Waals surface area contributed by atoms with Crippen LogP contribution in [-0.4, -0.2) is 75.7 Å². The molecule has 0 bridgehead atoms. The van der Waals surface area contributed by atoms with Gasteiger partial charge in [0.25, 0.3) is 0 Å². The van der Waals surface area contributed by atoms with E-state index in [1.54, 1.807) is 0 Å². The zero-order valence-electron chi connectivity index (χ0n) is 14.4. The summed E-state index contributed by atoms with van der Waals surface area (Å²) in [6, 6.07) is 0. The van der Waals surface area contributed by atoms with E-state index in [9.17, 15) is 13.2 Å². The van der Waals surface area contributed by atoms with E-state index in [4.69, 9.17) is 5.14 Å². The number of nitrogens with one attached hydrogen (secondary N) is 1. The maximum Gasteiger partial charge on any atom is 0.234 e. The van der Waals surface area contributed by atoms with Crippen LogP contribution in [0.2, 0.25) is 0 Å². The van der Waals surface area contributed by atoms with Gasteiger partial charge < -0.3 is 5.32 Å². The van der Waals surface area contributed by atoms with Crippen molar-refractivity contribution in [1.29, 1.82) is 0 Å². The minimum Gasteiger partial charge on any atom is -0.355 e. The molecule has 8 heteroatoms. The van der Waals surface area contributed by atoms with Gasteiger partial charge in [-0.3, -0.25) is 14.6 Å². The fourth-order valence-corrected chi connectivity index (χ4v) is 3.69. The summed E-state index contributed by atoms with van der Waals surface area (Å²) in [6.45, 7) is 4.72. The van der Waals surface area contributed by atoms with E-state index in [-0.39, 0.29) is 11.7 Å². The maximum atomic E-state index is 12.0. The molecule has 1 amide bonds. The normalized spacial score (nSPS) is 20.6. The molecule has 3 N–H and O–H groups in total. The first-order chi connectivity index (χ1) is 11.4. The van der Waals surface area contributed by atoms with Crippen molar-refractivity contribution in [3.8, 4) is 0 Å². The molecule has 0 unspecified atom stereocenters. The minimum absolute atomic E-state index is 0.0106. The van der Waals surface area contributed by atoms with Crippen LogP contribution in [0.3, 0.4) is 0 Å². The Morgan fingerprint density at radius 3 is 2.50 bits per heavy atom. The first-order valence-electron chi connectivity index (χ1n) is 8.82. The van der Waals surface area contributed by atoms with Crippen molar-refractivity contribution in [3.63, 3.8) is 0 Å². The van der Waals surface area contributed by atoms with Crippen molar-refractivity contribution < 1.29 is 13.2 Å². The third-order valence-corrected chi connectivity index (χ3v) is 5.43. The van der Waals surface area contributed by atoms with Crippen molar-refractivity contribution in [1.82, 2.24) is 15.1 Å². The number of carbonyl (C=O) groups excluding carboxylic acids is 1. The second kappa shape index (κ2) is 9.50. The van der Waals surface area contributed by atoms with Crippen molar-refractivity contribution in [2.75, 3.05) is 51.6 Å². The van der Waals surface area contributed by atoms with E-state index in [1.165, 1.54) is 31.3 Å². The third-order valence-electron chi connectivity index (χ3n) is 4.68. The summed E-state index contributed by atoms with van der Waals surface area (Å²) in [5.41, 5.74) is 1.48. The zero-order chi connectivity index (χ0) is 17.4. The average molecular weight is 359 g/mol. The lowest BCUT2D eigenvalue weighted by Gasteiger charge is -2.34. The quantitative estimate of drug-likeness (QED) is 0.591. The van der Waals surface area contributed by atoms with Gasteiger partial charge in [-0.1, -0.05) is 11.6 Å². The van der Waals surface area contributed by atoms with Crippen molar-refractivity contribution in [3.05, 3.63) is 11.6 Å². The van der Waals surface area contributed by atoms with Crippen LogP contribution in [-0.2, 0) is 14.8 Å². The highest BCUT2D eigenvalue weighted by molar-refractivity contribution is 7.89. The Kier molecular flexibility index (Phi) is 7.67. The molecular formula is C16H30N4O3S. The van der Waals surface area contributed by atoms with Crippen LogP contribution in [0.5, 0.6) is 0 Å². The lowest BCUT2D eigenvalue weighted by Crippen LogP contribution is -2.50. The molecule has 0 aromatic carbocycles. The van der Waals surface area contributed by atoms with Crippen LogP contribution in [0, 0.1) is 0 Å². The molecule has 1 aliphatic carbocycles. The predicted octanol–water partition coefficient (Wildman–Crippen LogP) is -0.101. The van der Waals surface area contributed by atoms with Crippen LogP contribution in [0.4, 0.5) is 0 Å². The smallest absolute Gasteiger partial charge is 0.234 e. The van der Waals surface area contributed by atoms with E-state index in [1.807, 2.05) is 0 Å². The molecule has 0 spiro atoms. The highest BCUT2D eigenvalue weighted by Gasteiger charge is 2.19. The molecule has 0 saturated carbocycles. The van der Waals surface area contributed by atoms with Crippen molar-refractivity contribution in [2.45, 2.75) is 32.1 Å². The Hall–Kier alpha value is -0.960. The van der Waals surface area contributed by atoms with Gasteiger partial charge in [0.15, 0.2) is 0 Å². The molecule has 0 aromatic heterocycles. The Morgan fingerprint density at radius 1 is 1.17 bits per heavy atom. The van der Waals surface area contributed by atoms with Gasteiger partial charge >= 0.3 is 0 Å². The van der Waals surface area contributed by atoms with Crippen molar-refractivity contribution in [2.24, 2.45) is 5.14 Å². The second-order valence-corrected chi connectivity index (χ2v) is 8.43. The van der Waals surface area contributed by atoms with E-state index >= 15 is 0 Å². The monoisotopic (exact) mass is 358 g/mol. The summed E-state index contributed by atoms with van der Waals surface area (Å²) in [6.07, 6.45) is 8.20. The highest BCUT2D eigenvalue weighted by atomic mass is 32.2.